The molecular weight excluding hydrogens is 262 g/mol. The van der Waals surface area contributed by atoms with Crippen LogP contribution in [0.5, 0.6) is 0 Å². The van der Waals surface area contributed by atoms with Crippen LogP contribution in [0, 0.1) is 5.92 Å². The van der Waals surface area contributed by atoms with E-state index in [0.717, 1.165) is 18.5 Å². The van der Waals surface area contributed by atoms with Gasteiger partial charge in [-0.3, -0.25) is 4.79 Å². The molecule has 1 aromatic rings. The first-order chi connectivity index (χ1) is 9.99. The van der Waals surface area contributed by atoms with Crippen LogP contribution in [0.4, 0.5) is 0 Å². The standard InChI is InChI=1S/C18H27NO2/c1-5-11-19-13-14(2)18(12-15(19)3,21-16(4)20)17-9-7-6-8-10-17/h6-10,14-15H,5,11-13H2,1-4H3/p+1/t14-,15-,18-/m0/s1. The van der Waals surface area contributed by atoms with Crippen LogP contribution in [0.15, 0.2) is 30.3 Å². The zero-order chi connectivity index (χ0) is 15.5. The Morgan fingerprint density at radius 1 is 1.33 bits per heavy atom. The normalized spacial score (nSPS) is 32.7. The van der Waals surface area contributed by atoms with Gasteiger partial charge in [0.25, 0.3) is 0 Å². The molecule has 1 heterocycles. The number of hydrogen-bond acceptors (Lipinski definition) is 2. The molecule has 21 heavy (non-hydrogen) atoms. The first-order valence-corrected chi connectivity index (χ1v) is 8.09. The molecule has 1 N–H and O–H groups in total. The highest BCUT2D eigenvalue weighted by Crippen LogP contribution is 2.39. The van der Waals surface area contributed by atoms with E-state index in [2.05, 4.69) is 32.9 Å². The number of piperidine rings is 1. The van der Waals surface area contributed by atoms with E-state index in [0.29, 0.717) is 12.0 Å². The molecule has 1 unspecified atom stereocenters. The molecule has 3 nitrogen and oxygen atoms in total. The lowest BCUT2D eigenvalue weighted by Gasteiger charge is -2.47. The smallest absolute Gasteiger partial charge is 0.303 e. The number of ether oxygens (including phenoxy) is 1. The number of likely N-dealkylation sites (tertiary alicyclic amines) is 1. The number of carbonyl (C=O) groups excluding carboxylic acids is 1. The molecule has 4 atom stereocenters. The Balaban J connectivity index is 2.35. The predicted octanol–water partition coefficient (Wildman–Crippen LogP) is 2.17. The van der Waals surface area contributed by atoms with Crippen molar-refractivity contribution >= 4 is 5.97 Å². The molecule has 2 rings (SSSR count). The molecule has 116 valence electrons. The van der Waals surface area contributed by atoms with E-state index in [1.54, 1.807) is 4.90 Å². The van der Waals surface area contributed by atoms with Crippen molar-refractivity contribution in [3.05, 3.63) is 35.9 Å². The van der Waals surface area contributed by atoms with Crippen molar-refractivity contribution in [3.63, 3.8) is 0 Å². The van der Waals surface area contributed by atoms with E-state index in [9.17, 15) is 4.79 Å². The van der Waals surface area contributed by atoms with Crippen molar-refractivity contribution < 1.29 is 14.4 Å². The lowest BCUT2D eigenvalue weighted by Crippen LogP contribution is -3.17. The highest BCUT2D eigenvalue weighted by atomic mass is 16.6. The summed E-state index contributed by atoms with van der Waals surface area (Å²) in [7, 11) is 0. The average molecular weight is 290 g/mol. The Kier molecular flexibility index (Phi) is 5.04. The van der Waals surface area contributed by atoms with Crippen LogP contribution < -0.4 is 4.90 Å². The highest BCUT2D eigenvalue weighted by Gasteiger charge is 2.49. The van der Waals surface area contributed by atoms with E-state index in [4.69, 9.17) is 4.74 Å². The summed E-state index contributed by atoms with van der Waals surface area (Å²) in [6.07, 6.45) is 2.09. The summed E-state index contributed by atoms with van der Waals surface area (Å²) in [6, 6.07) is 10.8. The molecule has 3 heteroatoms. The monoisotopic (exact) mass is 290 g/mol. The number of benzene rings is 1. The minimum Gasteiger partial charge on any atom is -0.454 e. The molecule has 0 aromatic heterocycles. The Morgan fingerprint density at radius 3 is 2.57 bits per heavy atom. The molecule has 0 aliphatic carbocycles. The quantitative estimate of drug-likeness (QED) is 0.862. The van der Waals surface area contributed by atoms with Crippen molar-refractivity contribution in [1.82, 2.24) is 0 Å². The fraction of sp³-hybridized carbons (Fsp3) is 0.611. The predicted molar refractivity (Wildman–Crippen MR) is 84.1 cm³/mol. The van der Waals surface area contributed by atoms with Crippen molar-refractivity contribution in [3.8, 4) is 0 Å². The van der Waals surface area contributed by atoms with Gasteiger partial charge in [0, 0.05) is 19.3 Å². The van der Waals surface area contributed by atoms with E-state index < -0.39 is 5.60 Å². The van der Waals surface area contributed by atoms with Gasteiger partial charge >= 0.3 is 5.97 Å². The van der Waals surface area contributed by atoms with Crippen LogP contribution in [0.3, 0.4) is 0 Å². The van der Waals surface area contributed by atoms with Crippen LogP contribution in [-0.2, 0) is 15.1 Å². The summed E-state index contributed by atoms with van der Waals surface area (Å²) in [5, 5.41) is 0. The Labute approximate surface area is 128 Å². The molecule has 0 amide bonds. The second kappa shape index (κ2) is 6.61. The van der Waals surface area contributed by atoms with Gasteiger partial charge in [0.1, 0.15) is 0 Å². The summed E-state index contributed by atoms with van der Waals surface area (Å²) < 4.78 is 5.92. The van der Waals surface area contributed by atoms with E-state index in [-0.39, 0.29) is 5.97 Å². The van der Waals surface area contributed by atoms with E-state index >= 15 is 0 Å². The summed E-state index contributed by atoms with van der Waals surface area (Å²) >= 11 is 0. The first-order valence-electron chi connectivity index (χ1n) is 8.09. The molecule has 1 aliphatic rings. The highest BCUT2D eigenvalue weighted by molar-refractivity contribution is 5.67. The maximum Gasteiger partial charge on any atom is 0.303 e. The molecule has 1 fully saturated rings. The minimum absolute atomic E-state index is 0.183. The number of esters is 1. The maximum atomic E-state index is 11.7. The van der Waals surface area contributed by atoms with Crippen LogP contribution in [0.1, 0.15) is 46.1 Å². The first kappa shape index (κ1) is 16.0. The van der Waals surface area contributed by atoms with Crippen LogP contribution in [-0.4, -0.2) is 25.1 Å². The number of quaternary nitrogens is 1. The van der Waals surface area contributed by atoms with Gasteiger partial charge in [0.2, 0.25) is 0 Å². The zero-order valence-corrected chi connectivity index (χ0v) is 13.7. The average Bonchev–Trinajstić information content (AvgIpc) is 2.45. The Morgan fingerprint density at radius 2 is 2.00 bits per heavy atom. The van der Waals surface area contributed by atoms with Gasteiger partial charge < -0.3 is 9.64 Å². The van der Waals surface area contributed by atoms with Crippen LogP contribution in [0.25, 0.3) is 0 Å². The summed E-state index contributed by atoms with van der Waals surface area (Å²) in [5.41, 5.74) is 0.666. The lowest BCUT2D eigenvalue weighted by molar-refractivity contribution is -0.935. The second-order valence-corrected chi connectivity index (χ2v) is 6.47. The molecule has 1 aromatic carbocycles. The van der Waals surface area contributed by atoms with Gasteiger partial charge in [-0.05, 0) is 18.9 Å². The zero-order valence-electron chi connectivity index (χ0n) is 13.7. The number of rotatable bonds is 4. The fourth-order valence-electron chi connectivity index (χ4n) is 3.81. The fourth-order valence-corrected chi connectivity index (χ4v) is 3.81. The third-order valence-electron chi connectivity index (χ3n) is 4.83. The van der Waals surface area contributed by atoms with Crippen molar-refractivity contribution in [2.75, 3.05) is 13.1 Å². The summed E-state index contributed by atoms with van der Waals surface area (Å²) in [5.74, 6) is 0.137. The Hall–Kier alpha value is -1.35. The minimum atomic E-state index is -0.469. The third-order valence-corrected chi connectivity index (χ3v) is 4.83. The van der Waals surface area contributed by atoms with Gasteiger partial charge in [-0.1, -0.05) is 44.2 Å². The van der Waals surface area contributed by atoms with Gasteiger partial charge in [-0.2, -0.15) is 0 Å². The van der Waals surface area contributed by atoms with E-state index in [1.165, 1.54) is 19.9 Å². The van der Waals surface area contributed by atoms with E-state index in [1.807, 2.05) is 18.2 Å². The molecule has 0 saturated carbocycles. The lowest BCUT2D eigenvalue weighted by atomic mass is 9.74. The molecule has 0 spiro atoms. The molecule has 1 saturated heterocycles. The van der Waals surface area contributed by atoms with Crippen LogP contribution >= 0.6 is 0 Å². The van der Waals surface area contributed by atoms with Gasteiger partial charge in [0.05, 0.1) is 19.1 Å². The largest absolute Gasteiger partial charge is 0.454 e. The van der Waals surface area contributed by atoms with Crippen LogP contribution in [0.2, 0.25) is 0 Å². The van der Waals surface area contributed by atoms with Gasteiger partial charge in [0.15, 0.2) is 5.60 Å². The SMILES string of the molecule is CCC[NH+]1C[C@H](C)[C@](OC(C)=O)(c2ccccc2)C[C@@H]1C. The summed E-state index contributed by atoms with van der Waals surface area (Å²) in [6.45, 7) is 10.5. The summed E-state index contributed by atoms with van der Waals surface area (Å²) in [4.78, 5) is 13.3. The number of hydrogen-bond donors (Lipinski definition) is 1. The second-order valence-electron chi connectivity index (χ2n) is 6.47. The van der Waals surface area contributed by atoms with Crippen molar-refractivity contribution in [2.24, 2.45) is 5.92 Å². The number of carbonyl (C=O) groups is 1. The third kappa shape index (κ3) is 3.29. The van der Waals surface area contributed by atoms with Gasteiger partial charge in [-0.25, -0.2) is 0 Å². The Bertz CT molecular complexity index is 473. The topological polar surface area (TPSA) is 30.7 Å². The maximum absolute atomic E-state index is 11.7. The molecule has 0 bridgehead atoms. The van der Waals surface area contributed by atoms with Crippen molar-refractivity contribution in [2.45, 2.75) is 52.2 Å². The van der Waals surface area contributed by atoms with Gasteiger partial charge in [-0.15, -0.1) is 0 Å². The molecule has 0 radical (unpaired) electrons. The molecule has 1 aliphatic heterocycles. The van der Waals surface area contributed by atoms with Crippen molar-refractivity contribution in [1.29, 1.82) is 0 Å². The number of nitrogens with one attached hydrogen (secondary N) is 1. The molecular formula is C18H28NO2+.